The molecule has 0 atom stereocenters. The van der Waals surface area contributed by atoms with Gasteiger partial charge in [0, 0.05) is 5.69 Å². The van der Waals surface area contributed by atoms with Crippen LogP contribution < -0.4 is 15.6 Å². The maximum Gasteiger partial charge on any atom is 0.387 e. The molecule has 2 aromatic heterocycles. The van der Waals surface area contributed by atoms with Gasteiger partial charge in [0.1, 0.15) is 11.5 Å². The number of carbonyl (C=O) groups is 1. The van der Waals surface area contributed by atoms with E-state index in [4.69, 9.17) is 16.0 Å². The number of ether oxygens (including phenoxy) is 1. The van der Waals surface area contributed by atoms with Crippen molar-refractivity contribution in [3.8, 4) is 5.75 Å². The van der Waals surface area contributed by atoms with E-state index in [0.29, 0.717) is 27.5 Å². The zero-order valence-corrected chi connectivity index (χ0v) is 18.4. The van der Waals surface area contributed by atoms with Gasteiger partial charge in [-0.15, -0.1) is 0 Å². The van der Waals surface area contributed by atoms with Gasteiger partial charge in [0.2, 0.25) is 5.91 Å². The highest BCUT2D eigenvalue weighted by Gasteiger charge is 2.15. The minimum Gasteiger partial charge on any atom is -0.467 e. The lowest BCUT2D eigenvalue weighted by Gasteiger charge is -2.12. The van der Waals surface area contributed by atoms with Gasteiger partial charge >= 0.3 is 6.61 Å². The maximum absolute atomic E-state index is 13.0. The van der Waals surface area contributed by atoms with E-state index in [1.54, 1.807) is 36.4 Å². The Bertz CT molecular complexity index is 1350. The van der Waals surface area contributed by atoms with E-state index in [9.17, 15) is 18.4 Å². The molecular weight excluding hydrogens is 476 g/mol. The molecule has 0 aliphatic carbocycles. The first kappa shape index (κ1) is 22.8. The van der Waals surface area contributed by atoms with Gasteiger partial charge in [-0.05, 0) is 42.5 Å². The zero-order chi connectivity index (χ0) is 23.4. The van der Waals surface area contributed by atoms with E-state index in [1.165, 1.54) is 29.0 Å². The number of para-hydroxylation sites is 1. The quantitative estimate of drug-likeness (QED) is 0.275. The Morgan fingerprint density at radius 2 is 2.03 bits per heavy atom. The van der Waals surface area contributed by atoms with Crippen LogP contribution in [0.2, 0.25) is 5.02 Å². The third-order valence-corrected chi connectivity index (χ3v) is 5.76. The second-order valence-electron chi connectivity index (χ2n) is 6.74. The molecule has 0 saturated heterocycles. The van der Waals surface area contributed by atoms with E-state index in [0.717, 1.165) is 11.8 Å². The first-order valence-electron chi connectivity index (χ1n) is 9.59. The Balaban J connectivity index is 1.52. The second kappa shape index (κ2) is 10.1. The molecule has 0 spiro atoms. The van der Waals surface area contributed by atoms with Crippen LogP contribution >= 0.6 is 23.4 Å². The third kappa shape index (κ3) is 5.52. The van der Waals surface area contributed by atoms with E-state index in [1.807, 2.05) is 0 Å². The average molecular weight is 492 g/mol. The molecule has 7 nitrogen and oxygen atoms in total. The van der Waals surface area contributed by atoms with Crippen LogP contribution in [-0.2, 0) is 11.3 Å². The number of nitrogens with zero attached hydrogens (tertiary/aromatic N) is 2. The van der Waals surface area contributed by atoms with Crippen LogP contribution in [0.4, 0.5) is 14.5 Å². The summed E-state index contributed by atoms with van der Waals surface area (Å²) in [6, 6.07) is 14.4. The molecule has 0 unspecified atom stereocenters. The number of rotatable bonds is 8. The van der Waals surface area contributed by atoms with Gasteiger partial charge in [-0.2, -0.15) is 8.78 Å². The molecule has 1 amide bonds. The van der Waals surface area contributed by atoms with Crippen molar-refractivity contribution in [3.63, 3.8) is 0 Å². The highest BCUT2D eigenvalue weighted by Crippen LogP contribution is 2.29. The molecule has 0 bridgehead atoms. The van der Waals surface area contributed by atoms with Crippen molar-refractivity contribution in [2.24, 2.45) is 0 Å². The van der Waals surface area contributed by atoms with Crippen molar-refractivity contribution in [2.75, 3.05) is 11.1 Å². The lowest BCUT2D eigenvalue weighted by molar-refractivity contribution is -0.113. The third-order valence-electron chi connectivity index (χ3n) is 4.48. The highest BCUT2D eigenvalue weighted by atomic mass is 35.5. The van der Waals surface area contributed by atoms with Crippen molar-refractivity contribution in [1.82, 2.24) is 9.55 Å². The van der Waals surface area contributed by atoms with Crippen molar-refractivity contribution in [3.05, 3.63) is 82.0 Å². The van der Waals surface area contributed by atoms with E-state index in [2.05, 4.69) is 15.0 Å². The standard InChI is InChI=1S/C22H16ClF2N3O4S/c23-16-10-13(7-8-18(16)32-21(24)25)26-19(29)12-33-22-27-17-6-2-1-5-15(17)20(30)28(22)11-14-4-3-9-31-14/h1-10,21H,11-12H2,(H,26,29). The lowest BCUT2D eigenvalue weighted by atomic mass is 10.2. The number of thioether (sulfide) groups is 1. The molecule has 2 aromatic carbocycles. The second-order valence-corrected chi connectivity index (χ2v) is 8.09. The van der Waals surface area contributed by atoms with E-state index in [-0.39, 0.29) is 28.6 Å². The summed E-state index contributed by atoms with van der Waals surface area (Å²) >= 11 is 7.00. The van der Waals surface area contributed by atoms with E-state index < -0.39 is 12.5 Å². The number of hydrogen-bond acceptors (Lipinski definition) is 6. The van der Waals surface area contributed by atoms with Crippen molar-refractivity contribution < 1.29 is 22.7 Å². The number of anilines is 1. The van der Waals surface area contributed by atoms with Gasteiger partial charge in [0.05, 0.1) is 34.5 Å². The summed E-state index contributed by atoms with van der Waals surface area (Å²) in [4.78, 5) is 30.1. The molecule has 4 aromatic rings. The Hall–Kier alpha value is -3.37. The number of furan rings is 1. The van der Waals surface area contributed by atoms with Crippen LogP contribution in [-0.4, -0.2) is 27.8 Å². The minimum absolute atomic E-state index is 0.0597. The first-order chi connectivity index (χ1) is 15.9. The Labute approximate surface area is 195 Å². The topological polar surface area (TPSA) is 86.4 Å². The summed E-state index contributed by atoms with van der Waals surface area (Å²) in [6.07, 6.45) is 1.51. The number of fused-ring (bicyclic) bond motifs is 1. The number of carbonyl (C=O) groups excluding carboxylic acids is 1. The summed E-state index contributed by atoms with van der Waals surface area (Å²) in [5.74, 6) is -0.0799. The Morgan fingerprint density at radius 1 is 1.21 bits per heavy atom. The molecule has 170 valence electrons. The van der Waals surface area contributed by atoms with Crippen molar-refractivity contribution in [1.29, 1.82) is 0 Å². The predicted molar refractivity (Wildman–Crippen MR) is 121 cm³/mol. The normalized spacial score (nSPS) is 11.2. The van der Waals surface area contributed by atoms with Crippen LogP contribution in [0.15, 0.2) is 75.2 Å². The maximum atomic E-state index is 13.0. The lowest BCUT2D eigenvalue weighted by Crippen LogP contribution is -2.24. The fourth-order valence-electron chi connectivity index (χ4n) is 3.05. The number of amides is 1. The Morgan fingerprint density at radius 3 is 2.76 bits per heavy atom. The number of nitrogens with one attached hydrogen (secondary N) is 1. The molecule has 11 heteroatoms. The summed E-state index contributed by atoms with van der Waals surface area (Å²) in [7, 11) is 0. The summed E-state index contributed by atoms with van der Waals surface area (Å²) in [5, 5.41) is 3.37. The van der Waals surface area contributed by atoms with Crippen LogP contribution in [0, 0.1) is 0 Å². The monoisotopic (exact) mass is 491 g/mol. The summed E-state index contributed by atoms with van der Waals surface area (Å²) in [5.41, 5.74) is 0.579. The molecule has 0 aliphatic heterocycles. The van der Waals surface area contributed by atoms with Crippen molar-refractivity contribution >= 4 is 45.9 Å². The molecule has 0 saturated carbocycles. The fraction of sp³-hybridized carbons (Fsp3) is 0.136. The highest BCUT2D eigenvalue weighted by molar-refractivity contribution is 7.99. The number of hydrogen-bond donors (Lipinski definition) is 1. The largest absolute Gasteiger partial charge is 0.467 e. The molecule has 4 rings (SSSR count). The average Bonchev–Trinajstić information content (AvgIpc) is 3.29. The Kier molecular flexibility index (Phi) is 6.95. The molecule has 0 radical (unpaired) electrons. The minimum atomic E-state index is -3.01. The molecule has 0 fully saturated rings. The molecule has 0 aliphatic rings. The predicted octanol–water partition coefficient (Wildman–Crippen LogP) is 5.02. The van der Waals surface area contributed by atoms with Gasteiger partial charge in [-0.1, -0.05) is 35.5 Å². The molecule has 33 heavy (non-hydrogen) atoms. The van der Waals surface area contributed by atoms with Gasteiger partial charge in [0.25, 0.3) is 5.56 Å². The van der Waals surface area contributed by atoms with Gasteiger partial charge in [0.15, 0.2) is 5.16 Å². The smallest absolute Gasteiger partial charge is 0.387 e. The summed E-state index contributed by atoms with van der Waals surface area (Å²) < 4.78 is 35.8. The molecule has 1 N–H and O–H groups in total. The number of alkyl halides is 2. The van der Waals surface area contributed by atoms with Gasteiger partial charge in [-0.25, -0.2) is 4.98 Å². The zero-order valence-electron chi connectivity index (χ0n) is 16.8. The first-order valence-corrected chi connectivity index (χ1v) is 11.0. The molecule has 2 heterocycles. The number of benzene rings is 2. The van der Waals surface area contributed by atoms with E-state index >= 15 is 0 Å². The van der Waals surface area contributed by atoms with Crippen LogP contribution in [0.5, 0.6) is 5.75 Å². The van der Waals surface area contributed by atoms with Crippen LogP contribution in [0.3, 0.4) is 0 Å². The number of halogens is 3. The van der Waals surface area contributed by atoms with Gasteiger partial charge < -0.3 is 14.5 Å². The van der Waals surface area contributed by atoms with Crippen molar-refractivity contribution in [2.45, 2.75) is 18.3 Å². The van der Waals surface area contributed by atoms with Crippen LogP contribution in [0.25, 0.3) is 10.9 Å². The number of aromatic nitrogens is 2. The summed E-state index contributed by atoms with van der Waals surface area (Å²) in [6.45, 7) is -2.85. The fourth-order valence-corrected chi connectivity index (χ4v) is 4.08. The molecular formula is C22H16ClF2N3O4S. The van der Waals surface area contributed by atoms with Crippen LogP contribution in [0.1, 0.15) is 5.76 Å². The SMILES string of the molecule is O=C(CSc1nc2ccccc2c(=O)n1Cc1ccco1)Nc1ccc(OC(F)F)c(Cl)c1. The van der Waals surface area contributed by atoms with Gasteiger partial charge in [-0.3, -0.25) is 14.2 Å².